The van der Waals surface area contributed by atoms with E-state index in [4.69, 9.17) is 9.47 Å². The fraction of sp³-hybridized carbons (Fsp3) is 0.133. The third-order valence-electron chi connectivity index (χ3n) is 6.57. The van der Waals surface area contributed by atoms with Crippen LogP contribution in [0, 0.1) is 11.6 Å². The van der Waals surface area contributed by atoms with Crippen molar-refractivity contribution in [3.8, 4) is 16.9 Å². The predicted octanol–water partition coefficient (Wildman–Crippen LogP) is 6.58. The minimum Gasteiger partial charge on any atom is -0.491 e. The van der Waals surface area contributed by atoms with Gasteiger partial charge < -0.3 is 14.5 Å². The van der Waals surface area contributed by atoms with Crippen molar-refractivity contribution in [1.29, 1.82) is 0 Å². The molecule has 5 aromatic rings. The average Bonchev–Trinajstić information content (AvgIpc) is 3.42. The molecule has 0 bridgehead atoms. The smallest absolute Gasteiger partial charge is 0.416 e. The topological polar surface area (TPSA) is 110 Å². The van der Waals surface area contributed by atoms with E-state index in [1.807, 2.05) is 4.72 Å². The molecule has 0 aliphatic rings. The van der Waals surface area contributed by atoms with E-state index < -0.39 is 55.3 Å². The highest BCUT2D eigenvalue weighted by Crippen LogP contribution is 2.32. The van der Waals surface area contributed by atoms with Crippen LogP contribution in [0.25, 0.3) is 22.2 Å². The zero-order valence-corrected chi connectivity index (χ0v) is 23.5. The Morgan fingerprint density at radius 3 is 2.32 bits per heavy atom. The summed E-state index contributed by atoms with van der Waals surface area (Å²) in [4.78, 5) is 19.9. The molecule has 0 spiro atoms. The molecule has 8 nitrogen and oxygen atoms in total. The molecule has 5 rings (SSSR count). The molecule has 3 aromatic carbocycles. The van der Waals surface area contributed by atoms with Gasteiger partial charge in [-0.05, 0) is 60.2 Å². The zero-order chi connectivity index (χ0) is 31.6. The van der Waals surface area contributed by atoms with E-state index in [0.717, 1.165) is 11.6 Å². The summed E-state index contributed by atoms with van der Waals surface area (Å²) in [7, 11) is -3.05. The average molecular weight is 632 g/mol. The first-order valence-corrected chi connectivity index (χ1v) is 14.3. The highest BCUT2D eigenvalue weighted by molar-refractivity contribution is 7.92. The number of rotatable bonds is 10. The van der Waals surface area contributed by atoms with Gasteiger partial charge in [0.15, 0.2) is 5.82 Å². The van der Waals surface area contributed by atoms with Gasteiger partial charge in [-0.2, -0.15) is 13.2 Å². The van der Waals surface area contributed by atoms with Crippen LogP contribution in [-0.2, 0) is 20.9 Å². The van der Waals surface area contributed by atoms with E-state index in [-0.39, 0.29) is 16.6 Å². The number of hydrogen-bond donors (Lipinski definition) is 2. The van der Waals surface area contributed by atoms with E-state index in [1.165, 1.54) is 6.20 Å². The van der Waals surface area contributed by atoms with Crippen LogP contribution in [0.1, 0.15) is 21.5 Å². The normalized spacial score (nSPS) is 12.0. The molecule has 0 aliphatic carbocycles. The summed E-state index contributed by atoms with van der Waals surface area (Å²) in [5.74, 6) is -3.25. The molecule has 0 saturated carbocycles. The first kappa shape index (κ1) is 30.6. The van der Waals surface area contributed by atoms with Crippen molar-refractivity contribution in [2.45, 2.75) is 11.1 Å². The number of fused-ring (bicyclic) bond motifs is 1. The number of ketones is 1. The molecular weight excluding hydrogens is 609 g/mol. The number of aromatic nitrogens is 2. The number of ether oxygens (including phenoxy) is 2. The van der Waals surface area contributed by atoms with Crippen LogP contribution < -0.4 is 9.46 Å². The Morgan fingerprint density at radius 1 is 0.955 bits per heavy atom. The summed E-state index contributed by atoms with van der Waals surface area (Å²) in [6, 6.07) is 12.6. The van der Waals surface area contributed by atoms with Gasteiger partial charge in [0.05, 0.1) is 28.3 Å². The molecule has 0 saturated heterocycles. The summed E-state index contributed by atoms with van der Waals surface area (Å²) >= 11 is 0. The second-order valence-electron chi connectivity index (χ2n) is 9.43. The lowest BCUT2D eigenvalue weighted by atomic mass is 10.00. The van der Waals surface area contributed by atoms with Crippen molar-refractivity contribution in [3.05, 3.63) is 107 Å². The third-order valence-corrected chi connectivity index (χ3v) is 7.96. The predicted molar refractivity (Wildman–Crippen MR) is 151 cm³/mol. The van der Waals surface area contributed by atoms with Crippen molar-refractivity contribution in [3.63, 3.8) is 0 Å². The van der Waals surface area contributed by atoms with Crippen LogP contribution in [0.3, 0.4) is 0 Å². The van der Waals surface area contributed by atoms with Crippen LogP contribution in [0.4, 0.5) is 27.6 Å². The van der Waals surface area contributed by atoms with Crippen molar-refractivity contribution >= 4 is 32.5 Å². The molecule has 14 heteroatoms. The molecule has 0 radical (unpaired) electrons. The maximum atomic E-state index is 15.6. The molecule has 228 valence electrons. The Kier molecular flexibility index (Phi) is 8.39. The lowest BCUT2D eigenvalue weighted by Crippen LogP contribution is -2.17. The van der Waals surface area contributed by atoms with Crippen molar-refractivity contribution in [1.82, 2.24) is 9.97 Å². The number of methoxy groups -OCH3 is 1. The zero-order valence-electron chi connectivity index (χ0n) is 22.7. The number of pyridine rings is 1. The van der Waals surface area contributed by atoms with Crippen molar-refractivity contribution in [2.24, 2.45) is 0 Å². The summed E-state index contributed by atoms with van der Waals surface area (Å²) in [5.41, 5.74) is -1.46. The van der Waals surface area contributed by atoms with Gasteiger partial charge in [-0.25, -0.2) is 22.2 Å². The Labute approximate surface area is 247 Å². The lowest BCUT2D eigenvalue weighted by molar-refractivity contribution is -0.137. The Hall–Kier alpha value is -4.82. The van der Waals surface area contributed by atoms with Gasteiger partial charge in [0.2, 0.25) is 5.78 Å². The molecule has 0 fully saturated rings. The third kappa shape index (κ3) is 6.26. The number of anilines is 1. The molecule has 0 amide bonds. The monoisotopic (exact) mass is 631 g/mol. The molecule has 0 atom stereocenters. The largest absolute Gasteiger partial charge is 0.491 e. The number of alkyl halides is 3. The number of benzene rings is 3. The minimum absolute atomic E-state index is 0.130. The number of carbonyl (C=O) groups excluding carboxylic acids is 1. The number of sulfonamides is 1. The Morgan fingerprint density at radius 2 is 1.66 bits per heavy atom. The summed E-state index contributed by atoms with van der Waals surface area (Å²) in [6.45, 7) is 0.783. The van der Waals surface area contributed by atoms with Crippen LogP contribution in [0.15, 0.2) is 84.0 Å². The van der Waals surface area contributed by atoms with Crippen LogP contribution in [0.5, 0.6) is 5.75 Å². The SMILES string of the molecule is COCCOc1ccc(-c2cnc3[nH]cc(C(=O)c4c(F)ccc(NS(=O)(=O)c5ccc(C(F)(F)F)cc5)c4F)c3c2)cc1. The van der Waals surface area contributed by atoms with E-state index in [9.17, 15) is 30.8 Å². The Balaban J connectivity index is 1.44. The summed E-state index contributed by atoms with van der Waals surface area (Å²) in [6.07, 6.45) is -1.92. The van der Waals surface area contributed by atoms with Gasteiger partial charge >= 0.3 is 6.18 Å². The summed E-state index contributed by atoms with van der Waals surface area (Å²) in [5, 5.41) is 0.252. The second-order valence-corrected chi connectivity index (χ2v) is 11.1. The quantitative estimate of drug-likeness (QED) is 0.102. The second kappa shape index (κ2) is 12.1. The van der Waals surface area contributed by atoms with Crippen molar-refractivity contribution in [2.75, 3.05) is 25.0 Å². The van der Waals surface area contributed by atoms with Crippen LogP contribution in [0.2, 0.25) is 0 Å². The molecule has 44 heavy (non-hydrogen) atoms. The number of aromatic amines is 1. The number of hydrogen-bond acceptors (Lipinski definition) is 6. The molecule has 0 aliphatic heterocycles. The maximum absolute atomic E-state index is 15.6. The van der Waals surface area contributed by atoms with Gasteiger partial charge in [0, 0.05) is 36.0 Å². The van der Waals surface area contributed by atoms with Gasteiger partial charge in [-0.3, -0.25) is 9.52 Å². The number of carbonyl (C=O) groups is 1. The van der Waals surface area contributed by atoms with Crippen molar-refractivity contribution < 1.29 is 44.6 Å². The highest BCUT2D eigenvalue weighted by Gasteiger charge is 2.31. The van der Waals surface area contributed by atoms with Gasteiger partial charge in [-0.15, -0.1) is 0 Å². The number of halogens is 5. The summed E-state index contributed by atoms with van der Waals surface area (Å²) < 4.78 is 107. The van der Waals surface area contributed by atoms with Gasteiger partial charge in [0.25, 0.3) is 10.0 Å². The van der Waals surface area contributed by atoms with E-state index >= 15 is 4.39 Å². The molecule has 0 unspecified atom stereocenters. The molecule has 2 heterocycles. The minimum atomic E-state index is -4.70. The Bertz CT molecular complexity index is 1940. The van der Waals surface area contributed by atoms with E-state index in [1.54, 1.807) is 43.6 Å². The fourth-order valence-corrected chi connectivity index (χ4v) is 5.40. The van der Waals surface area contributed by atoms with E-state index in [2.05, 4.69) is 9.97 Å². The number of H-pyrrole nitrogens is 1. The first-order valence-electron chi connectivity index (χ1n) is 12.8. The number of nitrogens with zero attached hydrogens (tertiary/aromatic N) is 1. The lowest BCUT2D eigenvalue weighted by Gasteiger charge is -2.13. The number of nitrogens with one attached hydrogen (secondary N) is 2. The van der Waals surface area contributed by atoms with Gasteiger partial charge in [0.1, 0.15) is 23.8 Å². The molecule has 2 N–H and O–H groups in total. The standard InChI is InChI=1S/C30H22F5N3O5S/c1-42-12-13-43-20-6-2-17(3-7-20)18-14-22-23(16-37-29(22)36-15-18)28(39)26-24(31)10-11-25(27(26)32)38-44(40,41)21-8-4-19(5-9-21)30(33,34)35/h2-11,14-16,38H,12-13H2,1H3,(H,36,37). The maximum Gasteiger partial charge on any atom is 0.416 e. The van der Waals surface area contributed by atoms with Crippen LogP contribution in [-0.4, -0.2) is 44.5 Å². The highest BCUT2D eigenvalue weighted by atomic mass is 32.2. The fourth-order valence-electron chi connectivity index (χ4n) is 4.34. The van der Waals surface area contributed by atoms with E-state index in [0.29, 0.717) is 54.9 Å². The molecular formula is C30H22F5N3O5S. The van der Waals surface area contributed by atoms with Crippen LogP contribution >= 0.6 is 0 Å². The first-order chi connectivity index (χ1) is 20.9. The van der Waals surface area contributed by atoms with Gasteiger partial charge in [-0.1, -0.05) is 12.1 Å². The molecule has 2 aromatic heterocycles.